The lowest BCUT2D eigenvalue weighted by Crippen LogP contribution is -2.59. The van der Waals surface area contributed by atoms with Crippen molar-refractivity contribution in [2.75, 3.05) is 18.1 Å². The number of ketones is 3. The summed E-state index contributed by atoms with van der Waals surface area (Å²) in [5, 5.41) is 22.3. The number of nitrogens with zero attached hydrogens (tertiary/aromatic N) is 4. The Bertz CT molecular complexity index is 2360. The summed E-state index contributed by atoms with van der Waals surface area (Å²) in [4.78, 5) is 53.0. The molecule has 3 N–H and O–H groups in total. The van der Waals surface area contributed by atoms with Gasteiger partial charge in [-0.25, -0.2) is 0 Å². The molecule has 1 amide bonds. The summed E-state index contributed by atoms with van der Waals surface area (Å²) in [7, 11) is -8.17. The molecule has 2 spiro atoms. The van der Waals surface area contributed by atoms with Gasteiger partial charge in [-0.3, -0.25) is 28.3 Å². The highest BCUT2D eigenvalue weighted by Gasteiger charge is 2.72. The highest BCUT2D eigenvalue weighted by atomic mass is 32.2. The largest absolute Gasteiger partial charge is 0.355 e. The van der Waals surface area contributed by atoms with Gasteiger partial charge in [0.25, 0.3) is 20.2 Å². The number of Topliss-reactive ketones (excluding diaryl/α,β-unsaturated/α-hetero) is 3. The molecular weight excluding hydrogens is 991 g/mol. The molecule has 420 valence electrons. The van der Waals surface area contributed by atoms with Crippen molar-refractivity contribution < 1.29 is 45.1 Å². The monoisotopic (exact) mass is 1080 g/mol. The second-order valence-electron chi connectivity index (χ2n) is 28.4. The topological polar surface area (TPSA) is 238 Å². The molecule has 15 nitrogen and oxygen atoms in total. The van der Waals surface area contributed by atoms with Crippen LogP contribution in [0.2, 0.25) is 0 Å². The first-order chi connectivity index (χ1) is 35.2. The van der Waals surface area contributed by atoms with E-state index in [0.29, 0.717) is 103 Å². The zero-order valence-electron chi connectivity index (χ0n) is 46.1. The SMILES string of the molecule is C[C@@H](CCC(=O)NCCS(=O)(=O)O)[C@H]1CC[C@@H]2[C@@H]3[C@@H](CC[C@]21C)[C@]1(C)CC[C@H](CC(=O)CC(=O)C[C@@H]2CC[C@@]4(C)C(C2)CC2(N=N2)[C@H]2[C@@H]5CC[C@H]([C@@H](C)CCC(=O)CCCS(=O)(=O)O)[C@@]5(C)CC[C@@H]24)CC1CC31N=N1. The summed E-state index contributed by atoms with van der Waals surface area (Å²) >= 11 is 0. The Kier molecular flexibility index (Phi) is 15.1. The van der Waals surface area contributed by atoms with Crippen LogP contribution in [-0.2, 0) is 39.4 Å². The van der Waals surface area contributed by atoms with E-state index in [1.54, 1.807) is 0 Å². The Balaban J connectivity index is 0.689. The summed E-state index contributed by atoms with van der Waals surface area (Å²) in [6, 6.07) is 0. The van der Waals surface area contributed by atoms with E-state index in [1.807, 2.05) is 0 Å². The van der Waals surface area contributed by atoms with Crippen LogP contribution < -0.4 is 5.32 Å². The average Bonchev–Trinajstić information content (AvgIpc) is 4.21. The third kappa shape index (κ3) is 10.7. The first kappa shape index (κ1) is 55.8. The van der Waals surface area contributed by atoms with E-state index in [-0.39, 0.29) is 93.7 Å². The van der Waals surface area contributed by atoms with Crippen molar-refractivity contribution in [3.05, 3.63) is 0 Å². The lowest BCUT2D eigenvalue weighted by atomic mass is 9.42. The predicted molar refractivity (Wildman–Crippen MR) is 284 cm³/mol. The number of carbonyl (C=O) groups excluding carboxylic acids is 4. The highest BCUT2D eigenvalue weighted by molar-refractivity contribution is 7.86. The molecule has 17 heteroatoms. The number of hydrogen-bond acceptors (Lipinski definition) is 12. The Morgan fingerprint density at radius 3 is 1.41 bits per heavy atom. The lowest BCUT2D eigenvalue weighted by Gasteiger charge is -2.62. The van der Waals surface area contributed by atoms with E-state index in [4.69, 9.17) is 29.6 Å². The van der Waals surface area contributed by atoms with Gasteiger partial charge in [0, 0.05) is 63.3 Å². The number of carbonyl (C=O) groups is 4. The van der Waals surface area contributed by atoms with Crippen LogP contribution in [0.25, 0.3) is 0 Å². The number of nitrogens with one attached hydrogen (secondary N) is 1. The lowest BCUT2D eigenvalue weighted by molar-refractivity contribution is -0.143. The first-order valence-electron chi connectivity index (χ1n) is 29.8. The summed E-state index contributed by atoms with van der Waals surface area (Å²) < 4.78 is 62.6. The van der Waals surface area contributed by atoms with Crippen LogP contribution in [0.3, 0.4) is 0 Å². The molecule has 0 aromatic rings. The van der Waals surface area contributed by atoms with Gasteiger partial charge in [-0.1, -0.05) is 41.5 Å². The Labute approximate surface area is 448 Å². The Morgan fingerprint density at radius 2 is 0.973 bits per heavy atom. The van der Waals surface area contributed by atoms with Crippen molar-refractivity contribution in [2.45, 2.75) is 213 Å². The van der Waals surface area contributed by atoms with Crippen molar-refractivity contribution >= 4 is 43.5 Å². The second kappa shape index (κ2) is 20.2. The maximum absolute atomic E-state index is 13.9. The van der Waals surface area contributed by atoms with E-state index in [9.17, 15) is 36.0 Å². The van der Waals surface area contributed by atoms with E-state index >= 15 is 0 Å². The molecular formula is C58H91N5O10S2. The number of fused-ring (bicyclic) bond motifs is 12. The van der Waals surface area contributed by atoms with Gasteiger partial charge in [0.2, 0.25) is 5.91 Å². The average molecular weight is 1080 g/mol. The molecule has 2 aliphatic heterocycles. The highest BCUT2D eigenvalue weighted by Crippen LogP contribution is 2.75. The molecule has 75 heavy (non-hydrogen) atoms. The van der Waals surface area contributed by atoms with E-state index in [0.717, 1.165) is 96.3 Å². The van der Waals surface area contributed by atoms with Crippen LogP contribution in [0.15, 0.2) is 20.5 Å². The van der Waals surface area contributed by atoms with E-state index in [1.165, 1.54) is 19.3 Å². The minimum absolute atomic E-state index is 0.0517. The quantitative estimate of drug-likeness (QED) is 0.0725. The van der Waals surface area contributed by atoms with Crippen LogP contribution >= 0.6 is 0 Å². The van der Waals surface area contributed by atoms with Gasteiger partial charge in [-0.15, -0.1) is 0 Å². The van der Waals surface area contributed by atoms with Crippen LogP contribution in [-0.4, -0.2) is 78.6 Å². The molecule has 0 saturated heterocycles. The normalized spacial score (nSPS) is 42.3. The standard InChI is InChI=1S/C58H91N5O10S2/c1-35(9-11-41(64)8-7-26-74(68,69)70)44-12-14-46-51-48(19-23-55(44,46)5)53(3)21-17-37(28-39(53)33-57(51)60-61-57)30-42(65)32-43(66)31-38-18-22-54(4)40(29-38)34-58(62-63-58)52-47-15-13-45(56(47,6)24-20-49(52)54)36(2)10-16-50(67)59-25-27-75(71,72)73/h35-40,44-49,51-52H,7-34H2,1-6H3,(H,59,67)(H,68,69,70)(H,71,72,73)/t35-,36-,37+,38-,39?,40?,44+,45+,46-,47+,48-,49+,51-,52+,53-,54+,55+,56-/m0/s1. The molecule has 10 rings (SSSR count). The fraction of sp³-hybridized carbons (Fsp3) is 0.931. The van der Waals surface area contributed by atoms with Crippen LogP contribution in [0.1, 0.15) is 202 Å². The third-order valence-corrected chi connectivity index (χ3v) is 26.1. The summed E-state index contributed by atoms with van der Waals surface area (Å²) in [5.41, 5.74) is 0.0602. The van der Waals surface area contributed by atoms with Crippen molar-refractivity contribution in [1.29, 1.82) is 0 Å². The molecule has 18 atom stereocenters. The summed E-state index contributed by atoms with van der Waals surface area (Å²) in [6.45, 7) is 14.6. The molecule has 0 aromatic carbocycles. The van der Waals surface area contributed by atoms with Crippen LogP contribution in [0.4, 0.5) is 0 Å². The molecule has 8 saturated carbocycles. The maximum Gasteiger partial charge on any atom is 0.266 e. The molecule has 2 heterocycles. The molecule has 8 aliphatic carbocycles. The van der Waals surface area contributed by atoms with Gasteiger partial charge >= 0.3 is 0 Å². The van der Waals surface area contributed by atoms with Crippen LogP contribution in [0, 0.1) is 105 Å². The second-order valence-corrected chi connectivity index (χ2v) is 31.6. The van der Waals surface area contributed by atoms with Gasteiger partial charge in [-0.05, 0) is 202 Å². The van der Waals surface area contributed by atoms with Gasteiger partial charge in [0.1, 0.15) is 17.3 Å². The van der Waals surface area contributed by atoms with Gasteiger partial charge in [0.05, 0.1) is 17.9 Å². The Morgan fingerprint density at radius 1 is 0.547 bits per heavy atom. The fourth-order valence-electron chi connectivity index (χ4n) is 20.7. The van der Waals surface area contributed by atoms with Crippen molar-refractivity contribution in [2.24, 2.45) is 125 Å². The van der Waals surface area contributed by atoms with Gasteiger partial charge in [0.15, 0.2) is 11.3 Å². The van der Waals surface area contributed by atoms with Gasteiger partial charge < -0.3 is 5.32 Å². The minimum atomic E-state index is -4.12. The van der Waals surface area contributed by atoms with E-state index in [2.05, 4.69) is 46.9 Å². The predicted octanol–water partition coefficient (Wildman–Crippen LogP) is 11.5. The van der Waals surface area contributed by atoms with Gasteiger partial charge in [-0.2, -0.15) is 37.3 Å². The Hall–Kier alpha value is -2.50. The number of hydrogen-bond donors (Lipinski definition) is 3. The minimum Gasteiger partial charge on any atom is -0.355 e. The maximum atomic E-state index is 13.9. The van der Waals surface area contributed by atoms with Crippen molar-refractivity contribution in [3.8, 4) is 0 Å². The number of rotatable bonds is 21. The summed E-state index contributed by atoms with van der Waals surface area (Å²) in [6.07, 6.45) is 21.2. The molecule has 8 fully saturated rings. The summed E-state index contributed by atoms with van der Waals surface area (Å²) in [5.74, 6) is 5.53. The van der Waals surface area contributed by atoms with Crippen molar-refractivity contribution in [1.82, 2.24) is 5.32 Å². The zero-order valence-corrected chi connectivity index (χ0v) is 47.8. The smallest absolute Gasteiger partial charge is 0.266 e. The molecule has 0 aromatic heterocycles. The van der Waals surface area contributed by atoms with E-state index < -0.39 is 26.0 Å². The fourth-order valence-corrected chi connectivity index (χ4v) is 21.6. The first-order valence-corrected chi connectivity index (χ1v) is 33.0. The third-order valence-electron chi connectivity index (χ3n) is 24.6. The van der Waals surface area contributed by atoms with Crippen molar-refractivity contribution in [3.63, 3.8) is 0 Å². The molecule has 0 radical (unpaired) electrons. The molecule has 2 unspecified atom stereocenters. The molecule has 0 bridgehead atoms. The zero-order chi connectivity index (χ0) is 53.7. The number of amides is 1. The van der Waals surface area contributed by atoms with Crippen LogP contribution in [0.5, 0.6) is 0 Å². The molecule has 10 aliphatic rings.